The maximum atomic E-state index is 13.9. The molecule has 0 saturated heterocycles. The number of nitrogens with one attached hydrogen (secondary N) is 1. The summed E-state index contributed by atoms with van der Waals surface area (Å²) in [7, 11) is 1.50. The number of nitrogens with zero attached hydrogens (tertiary/aromatic N) is 3. The molecule has 0 saturated carbocycles. The first kappa shape index (κ1) is 21.7. The van der Waals surface area contributed by atoms with E-state index >= 15 is 0 Å². The Morgan fingerprint density at radius 1 is 1.16 bits per heavy atom. The Morgan fingerprint density at radius 3 is 2.66 bits per heavy atom. The smallest absolute Gasteiger partial charge is 0.216 e. The van der Waals surface area contributed by atoms with Crippen LogP contribution in [0.3, 0.4) is 0 Å². The average molecular weight is 469 g/mol. The van der Waals surface area contributed by atoms with Gasteiger partial charge in [0, 0.05) is 11.1 Å². The van der Waals surface area contributed by atoms with E-state index in [0.29, 0.717) is 38.2 Å². The van der Waals surface area contributed by atoms with Crippen LogP contribution in [0.5, 0.6) is 11.5 Å². The molecule has 0 atom stereocenters. The molecule has 162 valence electrons. The summed E-state index contributed by atoms with van der Waals surface area (Å²) >= 11 is 11.7. The van der Waals surface area contributed by atoms with Gasteiger partial charge in [-0.1, -0.05) is 60.1 Å². The van der Waals surface area contributed by atoms with Crippen LogP contribution in [0, 0.1) is 10.6 Å². The van der Waals surface area contributed by atoms with Gasteiger partial charge < -0.3 is 9.47 Å². The molecule has 9 heteroatoms. The van der Waals surface area contributed by atoms with Gasteiger partial charge in [-0.25, -0.2) is 9.49 Å². The molecular weight excluding hydrogens is 451 g/mol. The zero-order chi connectivity index (χ0) is 22.5. The molecule has 0 aliphatic carbocycles. The van der Waals surface area contributed by atoms with Gasteiger partial charge in [0.05, 0.1) is 18.3 Å². The lowest BCUT2D eigenvalue weighted by atomic mass is 10.2. The van der Waals surface area contributed by atoms with Crippen molar-refractivity contribution in [2.45, 2.75) is 6.61 Å². The Morgan fingerprint density at radius 2 is 1.91 bits per heavy atom. The van der Waals surface area contributed by atoms with Crippen molar-refractivity contribution in [1.82, 2.24) is 14.9 Å². The predicted molar refractivity (Wildman–Crippen MR) is 125 cm³/mol. The van der Waals surface area contributed by atoms with Crippen LogP contribution in [0.15, 0.2) is 71.8 Å². The fourth-order valence-electron chi connectivity index (χ4n) is 3.02. The maximum Gasteiger partial charge on any atom is 0.216 e. The van der Waals surface area contributed by atoms with Crippen LogP contribution < -0.4 is 9.47 Å². The van der Waals surface area contributed by atoms with Crippen LogP contribution in [0.25, 0.3) is 11.4 Å². The average Bonchev–Trinajstić information content (AvgIpc) is 3.18. The second kappa shape index (κ2) is 9.76. The molecule has 6 nitrogen and oxygen atoms in total. The van der Waals surface area contributed by atoms with Crippen LogP contribution in [0.2, 0.25) is 5.02 Å². The fourth-order valence-corrected chi connectivity index (χ4v) is 3.47. The Bertz CT molecular complexity index is 1320. The first-order chi connectivity index (χ1) is 15.6. The van der Waals surface area contributed by atoms with Gasteiger partial charge in [-0.15, -0.1) is 0 Å². The summed E-state index contributed by atoms with van der Waals surface area (Å²) in [6.07, 6.45) is 1.59. The number of aromatic amines is 1. The van der Waals surface area contributed by atoms with Crippen LogP contribution in [-0.4, -0.2) is 28.2 Å². The van der Waals surface area contributed by atoms with E-state index in [-0.39, 0.29) is 12.4 Å². The third kappa shape index (κ3) is 4.71. The number of benzene rings is 3. The lowest BCUT2D eigenvalue weighted by Crippen LogP contribution is -2.01. The molecule has 32 heavy (non-hydrogen) atoms. The standard InChI is InChI=1S/C23H18ClFN4O2S/c1-30-20-12-15(11-18(24)21(20)31-14-17-9-5-6-10-19(17)25)13-26-29-22(27-28-23(29)32)16-7-3-2-4-8-16/h2-13H,14H2,1H3,(H,28,32)/b26-13-. The highest BCUT2D eigenvalue weighted by molar-refractivity contribution is 7.71. The fraction of sp³-hybridized carbons (Fsp3) is 0.0870. The second-order valence-electron chi connectivity index (χ2n) is 6.69. The molecule has 0 aliphatic heterocycles. The number of rotatable bonds is 7. The summed E-state index contributed by atoms with van der Waals surface area (Å²) < 4.78 is 26.9. The van der Waals surface area contributed by atoms with E-state index < -0.39 is 0 Å². The number of ether oxygens (including phenoxy) is 2. The van der Waals surface area contributed by atoms with E-state index in [1.165, 1.54) is 17.9 Å². The Hall–Kier alpha value is -3.49. The van der Waals surface area contributed by atoms with Crippen LogP contribution in [0.1, 0.15) is 11.1 Å². The highest BCUT2D eigenvalue weighted by Crippen LogP contribution is 2.36. The molecule has 4 aromatic rings. The zero-order valence-corrected chi connectivity index (χ0v) is 18.5. The zero-order valence-electron chi connectivity index (χ0n) is 17.0. The minimum Gasteiger partial charge on any atom is -0.493 e. The molecule has 0 spiro atoms. The van der Waals surface area contributed by atoms with Gasteiger partial charge in [0.2, 0.25) is 4.77 Å². The van der Waals surface area contributed by atoms with E-state index in [2.05, 4.69) is 15.3 Å². The van der Waals surface area contributed by atoms with Gasteiger partial charge in [0.15, 0.2) is 17.3 Å². The highest BCUT2D eigenvalue weighted by Gasteiger charge is 2.13. The largest absolute Gasteiger partial charge is 0.493 e. The van der Waals surface area contributed by atoms with Gasteiger partial charge >= 0.3 is 0 Å². The lowest BCUT2D eigenvalue weighted by molar-refractivity contribution is 0.280. The molecule has 1 N–H and O–H groups in total. The number of aromatic nitrogens is 3. The number of halogens is 2. The van der Waals surface area contributed by atoms with E-state index in [0.717, 1.165) is 5.56 Å². The summed E-state index contributed by atoms with van der Waals surface area (Å²) in [5.41, 5.74) is 1.94. The lowest BCUT2D eigenvalue weighted by Gasteiger charge is -2.13. The van der Waals surface area contributed by atoms with Crippen molar-refractivity contribution in [3.63, 3.8) is 0 Å². The molecule has 0 unspecified atom stereocenters. The van der Waals surface area contributed by atoms with Crippen molar-refractivity contribution in [2.24, 2.45) is 5.10 Å². The van der Waals surface area contributed by atoms with Crippen molar-refractivity contribution in [3.05, 3.63) is 93.5 Å². The van der Waals surface area contributed by atoms with E-state index in [9.17, 15) is 4.39 Å². The Balaban J connectivity index is 1.60. The number of hydrogen-bond donors (Lipinski definition) is 1. The topological polar surface area (TPSA) is 64.4 Å². The summed E-state index contributed by atoms with van der Waals surface area (Å²) in [5, 5.41) is 11.8. The summed E-state index contributed by atoms with van der Waals surface area (Å²) in [6, 6.07) is 19.4. The van der Waals surface area contributed by atoms with Crippen LogP contribution >= 0.6 is 23.8 Å². The Kier molecular flexibility index (Phi) is 6.63. The van der Waals surface area contributed by atoms with E-state index in [4.69, 9.17) is 33.3 Å². The maximum absolute atomic E-state index is 13.9. The van der Waals surface area contributed by atoms with Gasteiger partial charge in [0.1, 0.15) is 12.4 Å². The Labute approximate surface area is 193 Å². The first-order valence-electron chi connectivity index (χ1n) is 9.57. The third-order valence-corrected chi connectivity index (χ3v) is 5.13. The highest BCUT2D eigenvalue weighted by atomic mass is 35.5. The molecule has 1 heterocycles. The summed E-state index contributed by atoms with van der Waals surface area (Å²) in [6.45, 7) is 0.0147. The summed E-state index contributed by atoms with van der Waals surface area (Å²) in [5.74, 6) is 0.945. The van der Waals surface area contributed by atoms with Crippen molar-refractivity contribution in [3.8, 4) is 22.9 Å². The van der Waals surface area contributed by atoms with Gasteiger partial charge in [-0.3, -0.25) is 0 Å². The molecule has 4 rings (SSSR count). The molecule has 0 fully saturated rings. The monoisotopic (exact) mass is 468 g/mol. The van der Waals surface area contributed by atoms with Crippen LogP contribution in [-0.2, 0) is 6.61 Å². The SMILES string of the molecule is COc1cc(/C=N\n2c(-c3ccccc3)n[nH]c2=S)cc(Cl)c1OCc1ccccc1F. The molecule has 3 aromatic carbocycles. The third-order valence-electron chi connectivity index (χ3n) is 4.59. The number of hydrogen-bond acceptors (Lipinski definition) is 5. The molecule has 0 bridgehead atoms. The van der Waals surface area contributed by atoms with Crippen molar-refractivity contribution >= 4 is 30.0 Å². The minimum absolute atomic E-state index is 0.0147. The first-order valence-corrected chi connectivity index (χ1v) is 10.4. The van der Waals surface area contributed by atoms with E-state index in [1.54, 1.807) is 36.5 Å². The number of methoxy groups -OCH3 is 1. The number of H-pyrrole nitrogens is 1. The van der Waals surface area contributed by atoms with Crippen molar-refractivity contribution in [2.75, 3.05) is 7.11 Å². The second-order valence-corrected chi connectivity index (χ2v) is 7.48. The van der Waals surface area contributed by atoms with E-state index in [1.807, 2.05) is 30.3 Å². The van der Waals surface area contributed by atoms with Crippen molar-refractivity contribution < 1.29 is 13.9 Å². The molecule has 0 aliphatic rings. The molecular formula is C23H18ClFN4O2S. The minimum atomic E-state index is -0.350. The normalized spacial score (nSPS) is 11.1. The molecule has 0 radical (unpaired) electrons. The van der Waals surface area contributed by atoms with Crippen molar-refractivity contribution in [1.29, 1.82) is 0 Å². The summed E-state index contributed by atoms with van der Waals surface area (Å²) in [4.78, 5) is 0. The van der Waals surface area contributed by atoms with Gasteiger partial charge in [-0.05, 0) is 36.0 Å². The molecule has 0 amide bonds. The van der Waals surface area contributed by atoms with Crippen LogP contribution in [0.4, 0.5) is 4.39 Å². The quantitative estimate of drug-likeness (QED) is 0.272. The van der Waals surface area contributed by atoms with Gasteiger partial charge in [-0.2, -0.15) is 14.9 Å². The van der Waals surface area contributed by atoms with Gasteiger partial charge in [0.25, 0.3) is 0 Å². The predicted octanol–water partition coefficient (Wildman–Crippen LogP) is 5.87. The molecule has 1 aromatic heterocycles.